The van der Waals surface area contributed by atoms with Gasteiger partial charge in [-0.1, -0.05) is 0 Å². The first-order chi connectivity index (χ1) is 9.61. The van der Waals surface area contributed by atoms with Crippen LogP contribution in [0.5, 0.6) is 0 Å². The standard InChI is InChI=1S/C12H19N5O3/c1-13-11-10(17(19)20)12(16-7-15-11)14-6-8-2-4-9(18)5-3-8/h7-9,18H,2-6H2,1H3,(H2,13,14,15,16). The fourth-order valence-electron chi connectivity index (χ4n) is 2.45. The Balaban J connectivity index is 2.04. The Morgan fingerprint density at radius 3 is 2.60 bits per heavy atom. The molecule has 0 saturated heterocycles. The molecule has 2 rings (SSSR count). The van der Waals surface area contributed by atoms with Gasteiger partial charge >= 0.3 is 5.69 Å². The predicted molar refractivity (Wildman–Crippen MR) is 74.7 cm³/mol. The van der Waals surface area contributed by atoms with E-state index in [0.717, 1.165) is 25.7 Å². The topological polar surface area (TPSA) is 113 Å². The van der Waals surface area contributed by atoms with Gasteiger partial charge in [-0.3, -0.25) is 10.1 Å². The normalized spacial score (nSPS) is 22.3. The van der Waals surface area contributed by atoms with Crippen LogP contribution in [0.1, 0.15) is 25.7 Å². The Morgan fingerprint density at radius 1 is 1.35 bits per heavy atom. The molecule has 0 aromatic carbocycles. The van der Waals surface area contributed by atoms with Crippen LogP contribution in [0.25, 0.3) is 0 Å². The molecular weight excluding hydrogens is 262 g/mol. The number of aliphatic hydroxyl groups is 1. The Hall–Kier alpha value is -1.96. The summed E-state index contributed by atoms with van der Waals surface area (Å²) < 4.78 is 0. The first-order valence-electron chi connectivity index (χ1n) is 6.71. The number of nitrogens with one attached hydrogen (secondary N) is 2. The van der Waals surface area contributed by atoms with Crippen LogP contribution >= 0.6 is 0 Å². The third kappa shape index (κ3) is 3.32. The van der Waals surface area contributed by atoms with Crippen molar-refractivity contribution in [2.75, 3.05) is 24.2 Å². The molecule has 1 aliphatic rings. The first kappa shape index (κ1) is 14.4. The smallest absolute Gasteiger partial charge is 0.353 e. The van der Waals surface area contributed by atoms with E-state index in [1.165, 1.54) is 6.33 Å². The summed E-state index contributed by atoms with van der Waals surface area (Å²) in [5.74, 6) is 0.845. The van der Waals surface area contributed by atoms with Gasteiger partial charge in [-0.2, -0.15) is 0 Å². The highest BCUT2D eigenvalue weighted by Crippen LogP contribution is 2.30. The number of hydrogen-bond donors (Lipinski definition) is 3. The van der Waals surface area contributed by atoms with E-state index in [0.29, 0.717) is 12.5 Å². The number of aliphatic hydroxyl groups excluding tert-OH is 1. The van der Waals surface area contributed by atoms with E-state index in [1.54, 1.807) is 7.05 Å². The Labute approximate surface area is 116 Å². The second kappa shape index (κ2) is 6.47. The molecule has 1 heterocycles. The van der Waals surface area contributed by atoms with Crippen LogP contribution in [0, 0.1) is 16.0 Å². The maximum atomic E-state index is 11.1. The molecule has 0 bridgehead atoms. The van der Waals surface area contributed by atoms with Gasteiger partial charge in [-0.15, -0.1) is 0 Å². The summed E-state index contributed by atoms with van der Waals surface area (Å²) in [5, 5.41) is 26.3. The van der Waals surface area contributed by atoms with Crippen molar-refractivity contribution in [2.45, 2.75) is 31.8 Å². The Bertz CT molecular complexity index is 474. The molecule has 0 amide bonds. The molecule has 3 N–H and O–H groups in total. The quantitative estimate of drug-likeness (QED) is 0.552. The van der Waals surface area contributed by atoms with Gasteiger partial charge in [0.2, 0.25) is 11.6 Å². The monoisotopic (exact) mass is 281 g/mol. The van der Waals surface area contributed by atoms with Gasteiger partial charge in [-0.25, -0.2) is 9.97 Å². The van der Waals surface area contributed by atoms with Gasteiger partial charge < -0.3 is 15.7 Å². The zero-order valence-electron chi connectivity index (χ0n) is 11.4. The largest absolute Gasteiger partial charge is 0.393 e. The summed E-state index contributed by atoms with van der Waals surface area (Å²) in [6.07, 6.45) is 4.53. The lowest BCUT2D eigenvalue weighted by Gasteiger charge is -2.25. The number of rotatable bonds is 5. The predicted octanol–water partition coefficient (Wildman–Crippen LogP) is 1.39. The van der Waals surface area contributed by atoms with Crippen molar-refractivity contribution in [3.63, 3.8) is 0 Å². The molecule has 8 heteroatoms. The van der Waals surface area contributed by atoms with E-state index in [2.05, 4.69) is 20.6 Å². The van der Waals surface area contributed by atoms with Crippen LogP contribution in [0.2, 0.25) is 0 Å². The summed E-state index contributed by atoms with van der Waals surface area (Å²) in [6, 6.07) is 0. The molecule has 0 radical (unpaired) electrons. The maximum absolute atomic E-state index is 11.1. The van der Waals surface area contributed by atoms with Crippen LogP contribution in [-0.2, 0) is 0 Å². The van der Waals surface area contributed by atoms with Crippen LogP contribution < -0.4 is 10.6 Å². The fourth-order valence-corrected chi connectivity index (χ4v) is 2.45. The van der Waals surface area contributed by atoms with Gasteiger partial charge in [0.15, 0.2) is 0 Å². The van der Waals surface area contributed by atoms with Crippen molar-refractivity contribution < 1.29 is 10.0 Å². The van der Waals surface area contributed by atoms with Crippen LogP contribution in [-0.4, -0.2) is 39.7 Å². The molecule has 20 heavy (non-hydrogen) atoms. The molecule has 1 aromatic rings. The van der Waals surface area contributed by atoms with Crippen molar-refractivity contribution in [3.05, 3.63) is 16.4 Å². The highest BCUT2D eigenvalue weighted by Gasteiger charge is 2.24. The lowest BCUT2D eigenvalue weighted by molar-refractivity contribution is -0.383. The minimum absolute atomic E-state index is 0.133. The summed E-state index contributed by atoms with van der Waals surface area (Å²) >= 11 is 0. The summed E-state index contributed by atoms with van der Waals surface area (Å²) in [6.45, 7) is 0.619. The fraction of sp³-hybridized carbons (Fsp3) is 0.667. The van der Waals surface area contributed by atoms with Crippen molar-refractivity contribution in [1.29, 1.82) is 0 Å². The van der Waals surface area contributed by atoms with Gasteiger partial charge in [0.25, 0.3) is 0 Å². The zero-order chi connectivity index (χ0) is 14.5. The SMILES string of the molecule is CNc1ncnc(NCC2CCC(O)CC2)c1[N+](=O)[O-]. The van der Waals surface area contributed by atoms with Crippen LogP contribution in [0.3, 0.4) is 0 Å². The van der Waals surface area contributed by atoms with E-state index in [9.17, 15) is 15.2 Å². The average Bonchev–Trinajstić information content (AvgIpc) is 2.46. The second-order valence-corrected chi connectivity index (χ2v) is 4.98. The number of aromatic nitrogens is 2. The molecule has 1 aliphatic carbocycles. The molecule has 0 unspecified atom stereocenters. The van der Waals surface area contributed by atoms with Crippen LogP contribution in [0.15, 0.2) is 6.33 Å². The average molecular weight is 281 g/mol. The minimum Gasteiger partial charge on any atom is -0.393 e. The van der Waals surface area contributed by atoms with Gasteiger partial charge in [0.1, 0.15) is 6.33 Å². The van der Waals surface area contributed by atoms with Crippen LogP contribution in [0.4, 0.5) is 17.3 Å². The van der Waals surface area contributed by atoms with Gasteiger partial charge in [0.05, 0.1) is 11.0 Å². The molecule has 1 saturated carbocycles. The molecule has 0 aliphatic heterocycles. The van der Waals surface area contributed by atoms with Crippen molar-refractivity contribution in [2.24, 2.45) is 5.92 Å². The highest BCUT2D eigenvalue weighted by atomic mass is 16.6. The molecule has 0 atom stereocenters. The van der Waals surface area contributed by atoms with E-state index < -0.39 is 4.92 Å². The Kier molecular flexibility index (Phi) is 4.67. The zero-order valence-corrected chi connectivity index (χ0v) is 11.4. The lowest BCUT2D eigenvalue weighted by atomic mass is 9.87. The summed E-state index contributed by atoms with van der Waals surface area (Å²) in [7, 11) is 1.58. The molecule has 1 aromatic heterocycles. The molecule has 0 spiro atoms. The number of nitrogens with zero attached hydrogens (tertiary/aromatic N) is 3. The first-order valence-corrected chi connectivity index (χ1v) is 6.71. The van der Waals surface area contributed by atoms with Crippen molar-refractivity contribution in [1.82, 2.24) is 9.97 Å². The number of hydrogen-bond acceptors (Lipinski definition) is 7. The third-order valence-corrected chi connectivity index (χ3v) is 3.62. The van der Waals surface area contributed by atoms with E-state index in [4.69, 9.17) is 0 Å². The van der Waals surface area contributed by atoms with Crippen molar-refractivity contribution >= 4 is 17.3 Å². The highest BCUT2D eigenvalue weighted by molar-refractivity contribution is 5.68. The molecule has 110 valence electrons. The third-order valence-electron chi connectivity index (χ3n) is 3.62. The molecule has 1 fully saturated rings. The molecular formula is C12H19N5O3. The molecule has 8 nitrogen and oxygen atoms in total. The van der Waals surface area contributed by atoms with Gasteiger partial charge in [-0.05, 0) is 31.6 Å². The van der Waals surface area contributed by atoms with E-state index in [-0.39, 0.29) is 23.4 Å². The second-order valence-electron chi connectivity index (χ2n) is 4.98. The van der Waals surface area contributed by atoms with E-state index in [1.807, 2.05) is 0 Å². The Morgan fingerprint density at radius 2 is 2.00 bits per heavy atom. The summed E-state index contributed by atoms with van der Waals surface area (Å²) in [4.78, 5) is 18.4. The van der Waals surface area contributed by atoms with Gasteiger partial charge in [0, 0.05) is 13.6 Å². The lowest BCUT2D eigenvalue weighted by Crippen LogP contribution is -2.24. The van der Waals surface area contributed by atoms with E-state index >= 15 is 0 Å². The number of nitro groups is 1. The number of anilines is 2. The maximum Gasteiger partial charge on any atom is 0.353 e. The summed E-state index contributed by atoms with van der Waals surface area (Å²) in [5.41, 5.74) is -0.133. The van der Waals surface area contributed by atoms with Crippen molar-refractivity contribution in [3.8, 4) is 0 Å². The minimum atomic E-state index is -0.487.